The van der Waals surface area contributed by atoms with Crippen LogP contribution < -0.4 is 5.50 Å². The number of nitrogens with zero attached hydrogens (tertiary/aromatic N) is 2. The highest BCUT2D eigenvalue weighted by Gasteiger charge is 2.26. The predicted octanol–water partition coefficient (Wildman–Crippen LogP) is 0.465. The molecule has 0 spiro atoms. The zero-order valence-corrected chi connectivity index (χ0v) is 12.2. The van der Waals surface area contributed by atoms with Crippen LogP contribution in [0.1, 0.15) is 5.56 Å². The van der Waals surface area contributed by atoms with Gasteiger partial charge < -0.3 is 14.7 Å². The fraction of sp³-hybridized carbons (Fsp3) is 0.455. The van der Waals surface area contributed by atoms with E-state index in [0.29, 0.717) is 5.56 Å². The molecule has 0 aliphatic carbocycles. The van der Waals surface area contributed by atoms with Gasteiger partial charge >= 0.3 is 7.67 Å². The standard InChI is InChI=1S/C11H18N3O6P/c12-21(19,13(5-7-15)6-8-16)20-9-10-1-3-11(4-2-10)14(17)18/h1-4,15-16H,5-9H2,(H2,12,19). The van der Waals surface area contributed by atoms with Crippen molar-refractivity contribution in [2.24, 2.45) is 5.50 Å². The van der Waals surface area contributed by atoms with Gasteiger partial charge in [-0.2, -0.15) is 0 Å². The smallest absolute Gasteiger partial charge is 0.341 e. The first-order valence-corrected chi connectivity index (χ1v) is 7.79. The summed E-state index contributed by atoms with van der Waals surface area (Å²) in [6.45, 7) is -0.632. The van der Waals surface area contributed by atoms with Crippen molar-refractivity contribution in [3.8, 4) is 0 Å². The lowest BCUT2D eigenvalue weighted by atomic mass is 10.2. The van der Waals surface area contributed by atoms with Crippen molar-refractivity contribution in [3.05, 3.63) is 39.9 Å². The van der Waals surface area contributed by atoms with E-state index >= 15 is 0 Å². The zero-order chi connectivity index (χ0) is 15.9. The van der Waals surface area contributed by atoms with Crippen LogP contribution in [0.2, 0.25) is 0 Å². The van der Waals surface area contributed by atoms with Gasteiger partial charge in [0.2, 0.25) is 0 Å². The molecule has 4 N–H and O–H groups in total. The van der Waals surface area contributed by atoms with Gasteiger partial charge in [-0.25, -0.2) is 10.2 Å². The fourth-order valence-electron chi connectivity index (χ4n) is 1.58. The molecular formula is C11H18N3O6P. The molecule has 0 aliphatic heterocycles. The van der Waals surface area contributed by atoms with E-state index in [1.165, 1.54) is 28.9 Å². The molecule has 1 aromatic rings. The van der Waals surface area contributed by atoms with Gasteiger partial charge in [0.05, 0.1) is 24.7 Å². The van der Waals surface area contributed by atoms with Crippen molar-refractivity contribution in [2.45, 2.75) is 6.61 Å². The minimum absolute atomic E-state index is 0.00853. The average molecular weight is 319 g/mol. The van der Waals surface area contributed by atoms with Crippen LogP contribution in [-0.4, -0.2) is 46.1 Å². The van der Waals surface area contributed by atoms with E-state index in [9.17, 15) is 14.7 Å². The molecule has 118 valence electrons. The summed E-state index contributed by atoms with van der Waals surface area (Å²) in [7, 11) is -3.65. The summed E-state index contributed by atoms with van der Waals surface area (Å²) >= 11 is 0. The first-order valence-electron chi connectivity index (χ1n) is 6.14. The number of nitro groups is 1. The third-order valence-corrected chi connectivity index (χ3v) is 4.36. The lowest BCUT2D eigenvalue weighted by molar-refractivity contribution is -0.384. The van der Waals surface area contributed by atoms with Crippen molar-refractivity contribution in [1.82, 2.24) is 4.67 Å². The molecule has 1 unspecified atom stereocenters. The second-order valence-electron chi connectivity index (χ2n) is 4.16. The third-order valence-electron chi connectivity index (χ3n) is 2.67. The molecule has 0 saturated heterocycles. The number of benzene rings is 1. The minimum atomic E-state index is -3.65. The average Bonchev–Trinajstić information content (AvgIpc) is 2.45. The summed E-state index contributed by atoms with van der Waals surface area (Å²) < 4.78 is 18.5. The summed E-state index contributed by atoms with van der Waals surface area (Å²) in [5.74, 6) is 0. The van der Waals surface area contributed by atoms with Gasteiger partial charge in [-0.15, -0.1) is 0 Å². The maximum Gasteiger partial charge on any atom is 0.341 e. The van der Waals surface area contributed by atoms with E-state index in [-0.39, 0.29) is 38.6 Å². The maximum atomic E-state index is 12.2. The predicted molar refractivity (Wildman–Crippen MR) is 75.4 cm³/mol. The lowest BCUT2D eigenvalue weighted by Gasteiger charge is -2.26. The molecule has 21 heavy (non-hydrogen) atoms. The van der Waals surface area contributed by atoms with Gasteiger partial charge in [0.25, 0.3) is 5.69 Å². The largest absolute Gasteiger partial charge is 0.395 e. The normalized spacial score (nSPS) is 14.1. The quantitative estimate of drug-likeness (QED) is 0.339. The molecule has 1 aromatic carbocycles. The third kappa shape index (κ3) is 5.50. The van der Waals surface area contributed by atoms with Crippen LogP contribution >= 0.6 is 7.67 Å². The Morgan fingerprint density at radius 1 is 1.24 bits per heavy atom. The first kappa shape index (κ1) is 17.7. The number of nitrogens with two attached hydrogens (primary N) is 1. The number of aliphatic hydroxyl groups is 2. The Labute approximate surface area is 121 Å². The van der Waals surface area contributed by atoms with Crippen molar-refractivity contribution in [3.63, 3.8) is 0 Å². The molecule has 0 saturated carbocycles. The van der Waals surface area contributed by atoms with Crippen molar-refractivity contribution >= 4 is 13.4 Å². The maximum absolute atomic E-state index is 12.2. The fourth-order valence-corrected chi connectivity index (χ4v) is 2.82. The van der Waals surface area contributed by atoms with Crippen molar-refractivity contribution in [2.75, 3.05) is 26.3 Å². The van der Waals surface area contributed by atoms with Gasteiger partial charge in [-0.1, -0.05) is 0 Å². The second kappa shape index (κ2) is 8.18. The molecular weight excluding hydrogens is 301 g/mol. The Kier molecular flexibility index (Phi) is 6.90. The summed E-state index contributed by atoms with van der Waals surface area (Å²) in [4.78, 5) is 9.99. The Hall–Kier alpha value is -1.35. The van der Waals surface area contributed by atoms with Crippen LogP contribution in [0.4, 0.5) is 5.69 Å². The van der Waals surface area contributed by atoms with E-state index in [1.807, 2.05) is 0 Å². The van der Waals surface area contributed by atoms with Crippen LogP contribution in [0.5, 0.6) is 0 Å². The Balaban J connectivity index is 2.66. The van der Waals surface area contributed by atoms with Crippen LogP contribution in [0.3, 0.4) is 0 Å². The number of hydrogen-bond acceptors (Lipinski definition) is 6. The second-order valence-corrected chi connectivity index (χ2v) is 6.11. The highest BCUT2D eigenvalue weighted by Crippen LogP contribution is 2.42. The number of nitro benzene ring substituents is 1. The molecule has 0 aromatic heterocycles. The van der Waals surface area contributed by atoms with Gasteiger partial charge in [-0.05, 0) is 17.7 Å². The van der Waals surface area contributed by atoms with E-state index < -0.39 is 12.6 Å². The molecule has 0 aliphatic rings. The highest BCUT2D eigenvalue weighted by atomic mass is 31.2. The molecule has 1 atom stereocenters. The number of rotatable bonds is 9. The lowest BCUT2D eigenvalue weighted by Crippen LogP contribution is -2.31. The summed E-state index contributed by atoms with van der Waals surface area (Å²) in [5, 5.41) is 28.3. The van der Waals surface area contributed by atoms with Crippen molar-refractivity contribution in [1.29, 1.82) is 0 Å². The monoisotopic (exact) mass is 319 g/mol. The molecule has 0 radical (unpaired) electrons. The molecule has 0 amide bonds. The van der Waals surface area contributed by atoms with Gasteiger partial charge in [0.1, 0.15) is 0 Å². The van der Waals surface area contributed by atoms with Crippen LogP contribution in [-0.2, 0) is 15.7 Å². The van der Waals surface area contributed by atoms with Gasteiger partial charge in [0, 0.05) is 25.2 Å². The topological polar surface area (TPSA) is 139 Å². The summed E-state index contributed by atoms with van der Waals surface area (Å²) in [5.41, 5.74) is 6.10. The number of aliphatic hydroxyl groups excluding tert-OH is 2. The molecule has 9 nitrogen and oxygen atoms in total. The van der Waals surface area contributed by atoms with E-state index in [1.54, 1.807) is 0 Å². The highest BCUT2D eigenvalue weighted by molar-refractivity contribution is 7.53. The summed E-state index contributed by atoms with van der Waals surface area (Å²) in [6.07, 6.45) is 0. The SMILES string of the molecule is NP(=O)(OCc1ccc([N+](=O)[O-])cc1)N(CCO)CCO. The minimum Gasteiger partial charge on any atom is -0.395 e. The van der Waals surface area contributed by atoms with E-state index in [4.69, 9.17) is 20.2 Å². The van der Waals surface area contributed by atoms with Crippen LogP contribution in [0, 0.1) is 10.1 Å². The Morgan fingerprint density at radius 3 is 2.19 bits per heavy atom. The Morgan fingerprint density at radius 2 is 1.76 bits per heavy atom. The summed E-state index contributed by atoms with van der Waals surface area (Å²) in [6, 6.07) is 5.56. The Bertz CT molecular complexity index is 503. The zero-order valence-electron chi connectivity index (χ0n) is 11.3. The molecule has 0 bridgehead atoms. The van der Waals surface area contributed by atoms with Gasteiger partial charge in [-0.3, -0.25) is 14.7 Å². The number of hydrogen-bond donors (Lipinski definition) is 3. The van der Waals surface area contributed by atoms with E-state index in [0.717, 1.165) is 0 Å². The molecule has 0 fully saturated rings. The first-order chi connectivity index (χ1) is 9.90. The van der Waals surface area contributed by atoms with Crippen LogP contribution in [0.15, 0.2) is 24.3 Å². The molecule has 1 rings (SSSR count). The number of non-ortho nitro benzene ring substituents is 1. The van der Waals surface area contributed by atoms with E-state index in [2.05, 4.69) is 0 Å². The van der Waals surface area contributed by atoms with Crippen molar-refractivity contribution < 1.29 is 24.2 Å². The van der Waals surface area contributed by atoms with Crippen LogP contribution in [0.25, 0.3) is 0 Å². The van der Waals surface area contributed by atoms with Gasteiger partial charge in [0.15, 0.2) is 0 Å². The molecule has 10 heteroatoms. The molecule has 0 heterocycles.